The first-order valence-corrected chi connectivity index (χ1v) is 7.60. The van der Waals surface area contributed by atoms with Crippen LogP contribution >= 0.6 is 11.8 Å². The molecule has 0 saturated heterocycles. The first-order chi connectivity index (χ1) is 9.65. The number of amides is 1. The molecular formula is C15H18N2O2S. The number of hydrogen-bond donors (Lipinski definition) is 1. The molecule has 5 heteroatoms. The molecule has 0 spiro atoms. The van der Waals surface area contributed by atoms with Gasteiger partial charge in [-0.1, -0.05) is 35.5 Å². The Morgan fingerprint density at radius 2 is 2.15 bits per heavy atom. The summed E-state index contributed by atoms with van der Waals surface area (Å²) in [5.41, 5.74) is 1.28. The van der Waals surface area contributed by atoms with Crippen LogP contribution in [0.25, 0.3) is 0 Å². The van der Waals surface area contributed by atoms with Crippen LogP contribution in [0.15, 0.2) is 40.9 Å². The van der Waals surface area contributed by atoms with Gasteiger partial charge in [0.05, 0.1) is 0 Å². The zero-order chi connectivity index (χ0) is 14.4. The summed E-state index contributed by atoms with van der Waals surface area (Å²) in [5, 5.41) is 6.84. The van der Waals surface area contributed by atoms with E-state index in [4.69, 9.17) is 4.52 Å². The highest BCUT2D eigenvalue weighted by molar-refractivity contribution is 7.99. The molecule has 2 aromatic rings. The number of anilines is 1. The van der Waals surface area contributed by atoms with E-state index in [1.165, 1.54) is 5.56 Å². The van der Waals surface area contributed by atoms with Crippen molar-refractivity contribution in [2.45, 2.75) is 25.5 Å². The van der Waals surface area contributed by atoms with E-state index in [9.17, 15) is 4.79 Å². The maximum atomic E-state index is 11.7. The van der Waals surface area contributed by atoms with Gasteiger partial charge in [-0.05, 0) is 19.4 Å². The van der Waals surface area contributed by atoms with Gasteiger partial charge in [0.2, 0.25) is 5.91 Å². The highest BCUT2D eigenvalue weighted by atomic mass is 32.2. The van der Waals surface area contributed by atoms with Gasteiger partial charge in [0.15, 0.2) is 5.82 Å². The van der Waals surface area contributed by atoms with Gasteiger partial charge >= 0.3 is 0 Å². The minimum Gasteiger partial charge on any atom is -0.360 e. The molecule has 1 amide bonds. The van der Waals surface area contributed by atoms with E-state index >= 15 is 0 Å². The van der Waals surface area contributed by atoms with Crippen LogP contribution in [0.1, 0.15) is 29.9 Å². The van der Waals surface area contributed by atoms with Gasteiger partial charge in [-0.3, -0.25) is 4.79 Å². The molecule has 0 aliphatic heterocycles. The lowest BCUT2D eigenvalue weighted by atomic mass is 10.2. The van der Waals surface area contributed by atoms with Gasteiger partial charge in [-0.15, -0.1) is 0 Å². The summed E-state index contributed by atoms with van der Waals surface area (Å²) in [6.45, 7) is 3.94. The highest BCUT2D eigenvalue weighted by Crippen LogP contribution is 2.28. The van der Waals surface area contributed by atoms with Crippen molar-refractivity contribution in [1.29, 1.82) is 0 Å². The van der Waals surface area contributed by atoms with Crippen molar-refractivity contribution in [1.82, 2.24) is 5.16 Å². The van der Waals surface area contributed by atoms with Gasteiger partial charge < -0.3 is 9.84 Å². The van der Waals surface area contributed by atoms with Crippen LogP contribution in [0, 0.1) is 6.92 Å². The Kier molecular flexibility index (Phi) is 5.24. The molecule has 4 nitrogen and oxygen atoms in total. The summed E-state index contributed by atoms with van der Waals surface area (Å²) >= 11 is 1.77. The van der Waals surface area contributed by atoms with Crippen LogP contribution in [-0.2, 0) is 4.79 Å². The van der Waals surface area contributed by atoms with Crippen molar-refractivity contribution in [3.63, 3.8) is 0 Å². The molecule has 2 rings (SSSR count). The van der Waals surface area contributed by atoms with Gasteiger partial charge in [-0.25, -0.2) is 0 Å². The molecule has 0 fully saturated rings. The van der Waals surface area contributed by atoms with E-state index < -0.39 is 0 Å². The maximum Gasteiger partial charge on any atom is 0.226 e. The number of carbonyl (C=O) groups is 1. The molecule has 0 aliphatic rings. The third kappa shape index (κ3) is 4.42. The summed E-state index contributed by atoms with van der Waals surface area (Å²) in [7, 11) is 0. The van der Waals surface area contributed by atoms with Crippen molar-refractivity contribution in [2.75, 3.05) is 11.1 Å². The fraction of sp³-hybridized carbons (Fsp3) is 0.333. The number of aromatic nitrogens is 1. The Hall–Kier alpha value is -1.75. The molecule has 106 valence electrons. The third-order valence-corrected chi connectivity index (χ3v) is 4.07. The summed E-state index contributed by atoms with van der Waals surface area (Å²) in [6, 6.07) is 12.0. The van der Waals surface area contributed by atoms with Crippen LogP contribution in [0.5, 0.6) is 0 Å². The smallest absolute Gasteiger partial charge is 0.226 e. The van der Waals surface area contributed by atoms with Crippen molar-refractivity contribution >= 4 is 23.5 Å². The Labute approximate surface area is 122 Å². The molecule has 1 aromatic carbocycles. The number of nitrogens with zero attached hydrogens (tertiary/aromatic N) is 1. The molecule has 1 aromatic heterocycles. The fourth-order valence-corrected chi connectivity index (χ4v) is 2.79. The number of carbonyl (C=O) groups excluding carboxylic acids is 1. The topological polar surface area (TPSA) is 55.1 Å². The second-order valence-corrected chi connectivity index (χ2v) is 5.99. The van der Waals surface area contributed by atoms with E-state index in [0.717, 1.165) is 5.75 Å². The summed E-state index contributed by atoms with van der Waals surface area (Å²) in [6.07, 6.45) is 0.466. The van der Waals surface area contributed by atoms with Gasteiger partial charge in [-0.2, -0.15) is 11.8 Å². The second kappa shape index (κ2) is 7.14. The predicted molar refractivity (Wildman–Crippen MR) is 81.8 cm³/mol. The highest BCUT2D eigenvalue weighted by Gasteiger charge is 2.09. The van der Waals surface area contributed by atoms with Crippen molar-refractivity contribution < 1.29 is 9.32 Å². The van der Waals surface area contributed by atoms with Gasteiger partial charge in [0.25, 0.3) is 0 Å². The SMILES string of the molecule is Cc1cc(NC(=O)CCSC(C)c2ccccc2)no1. The lowest BCUT2D eigenvalue weighted by Gasteiger charge is -2.10. The number of benzene rings is 1. The Bertz CT molecular complexity index is 554. The van der Waals surface area contributed by atoms with E-state index in [0.29, 0.717) is 23.2 Å². The lowest BCUT2D eigenvalue weighted by molar-refractivity contribution is -0.115. The second-order valence-electron chi connectivity index (χ2n) is 4.54. The largest absolute Gasteiger partial charge is 0.360 e. The average molecular weight is 290 g/mol. The van der Waals surface area contributed by atoms with E-state index in [1.54, 1.807) is 24.8 Å². The first-order valence-electron chi connectivity index (χ1n) is 6.55. The van der Waals surface area contributed by atoms with Crippen molar-refractivity contribution in [3.8, 4) is 0 Å². The van der Waals surface area contributed by atoms with E-state index in [1.807, 2.05) is 18.2 Å². The summed E-state index contributed by atoms with van der Waals surface area (Å²) < 4.78 is 4.90. The normalized spacial score (nSPS) is 12.1. The van der Waals surface area contributed by atoms with Crippen LogP contribution in [0.4, 0.5) is 5.82 Å². The third-order valence-electron chi connectivity index (χ3n) is 2.86. The molecule has 1 heterocycles. The standard InChI is InChI=1S/C15H18N2O2S/c1-11-10-14(17-19-11)16-15(18)8-9-20-12(2)13-6-4-3-5-7-13/h3-7,10,12H,8-9H2,1-2H3,(H,16,17,18). The molecule has 1 atom stereocenters. The Balaban J connectivity index is 1.71. The Morgan fingerprint density at radius 1 is 1.40 bits per heavy atom. The summed E-state index contributed by atoms with van der Waals surface area (Å²) in [4.78, 5) is 11.7. The molecule has 0 saturated carbocycles. The van der Waals surface area contributed by atoms with E-state index in [2.05, 4.69) is 29.5 Å². The van der Waals surface area contributed by atoms with E-state index in [-0.39, 0.29) is 5.91 Å². The average Bonchev–Trinajstić information content (AvgIpc) is 2.85. The van der Waals surface area contributed by atoms with Crippen LogP contribution in [0.3, 0.4) is 0 Å². The van der Waals surface area contributed by atoms with Crippen molar-refractivity contribution in [3.05, 3.63) is 47.7 Å². The Morgan fingerprint density at radius 3 is 2.80 bits per heavy atom. The van der Waals surface area contributed by atoms with Gasteiger partial charge in [0.1, 0.15) is 5.76 Å². The molecule has 20 heavy (non-hydrogen) atoms. The lowest BCUT2D eigenvalue weighted by Crippen LogP contribution is -2.12. The fourth-order valence-electron chi connectivity index (χ4n) is 1.78. The molecule has 0 aliphatic carbocycles. The zero-order valence-corrected chi connectivity index (χ0v) is 12.4. The van der Waals surface area contributed by atoms with Crippen LogP contribution in [0.2, 0.25) is 0 Å². The molecule has 0 radical (unpaired) electrons. The summed E-state index contributed by atoms with van der Waals surface area (Å²) in [5.74, 6) is 1.91. The maximum absolute atomic E-state index is 11.7. The van der Waals surface area contributed by atoms with Crippen LogP contribution in [-0.4, -0.2) is 16.8 Å². The zero-order valence-electron chi connectivity index (χ0n) is 11.6. The minimum atomic E-state index is -0.0361. The monoisotopic (exact) mass is 290 g/mol. The van der Waals surface area contributed by atoms with Gasteiger partial charge in [0, 0.05) is 23.5 Å². The molecule has 1 unspecified atom stereocenters. The quantitative estimate of drug-likeness (QED) is 0.879. The predicted octanol–water partition coefficient (Wildman–Crippen LogP) is 3.81. The number of rotatable bonds is 6. The molecule has 0 bridgehead atoms. The molecular weight excluding hydrogens is 272 g/mol. The number of nitrogens with one attached hydrogen (secondary N) is 1. The van der Waals surface area contributed by atoms with Crippen molar-refractivity contribution in [2.24, 2.45) is 0 Å². The number of hydrogen-bond acceptors (Lipinski definition) is 4. The first kappa shape index (κ1) is 14.7. The minimum absolute atomic E-state index is 0.0361. The van der Waals surface area contributed by atoms with Crippen LogP contribution < -0.4 is 5.32 Å². The number of aryl methyl sites for hydroxylation is 1. The number of thioether (sulfide) groups is 1. The molecule has 1 N–H and O–H groups in total.